The number of nitrogens with one attached hydrogen (secondary N) is 2. The molecule has 140 valence electrons. The van der Waals surface area contributed by atoms with Crippen LogP contribution in [0.3, 0.4) is 0 Å². The van der Waals surface area contributed by atoms with Gasteiger partial charge in [-0.05, 0) is 43.3 Å². The number of ether oxygens (including phenoxy) is 1. The van der Waals surface area contributed by atoms with E-state index < -0.39 is 6.36 Å². The van der Waals surface area contributed by atoms with Crippen molar-refractivity contribution in [1.29, 1.82) is 0 Å². The standard InChI is InChI=1S/C18H18F4N2O2/c1-12(13-3-5-14(19)6-4-13)24(2)11-17(25)23-15-7-9-16(10-8-15)26-18(20,21)22/h3-10,12H,11H2,1-2H3,(H,23,25)/p+1/t12-/m0/s1. The molecule has 0 heterocycles. The van der Waals surface area contributed by atoms with Crippen molar-refractivity contribution in [2.75, 3.05) is 18.9 Å². The minimum Gasteiger partial charge on any atom is -0.406 e. The van der Waals surface area contributed by atoms with Gasteiger partial charge in [-0.3, -0.25) is 4.79 Å². The van der Waals surface area contributed by atoms with Crippen LogP contribution in [-0.4, -0.2) is 25.9 Å². The quantitative estimate of drug-likeness (QED) is 0.767. The first-order chi connectivity index (χ1) is 12.1. The van der Waals surface area contributed by atoms with Gasteiger partial charge in [-0.2, -0.15) is 0 Å². The summed E-state index contributed by atoms with van der Waals surface area (Å²) in [4.78, 5) is 13.0. The molecule has 4 nitrogen and oxygen atoms in total. The van der Waals surface area contributed by atoms with E-state index in [1.807, 2.05) is 14.0 Å². The summed E-state index contributed by atoms with van der Waals surface area (Å²) in [6.45, 7) is 2.05. The third-order valence-corrected chi connectivity index (χ3v) is 3.92. The molecule has 2 aromatic rings. The first-order valence-electron chi connectivity index (χ1n) is 7.87. The van der Waals surface area contributed by atoms with Gasteiger partial charge in [0, 0.05) is 11.3 Å². The molecule has 1 unspecified atom stereocenters. The summed E-state index contributed by atoms with van der Waals surface area (Å²) in [5.74, 6) is -0.974. The second kappa shape index (κ2) is 8.18. The van der Waals surface area contributed by atoms with Crippen LogP contribution in [0.4, 0.5) is 23.2 Å². The molecular formula is C18H19F4N2O2+. The van der Waals surface area contributed by atoms with Crippen molar-refractivity contribution in [1.82, 2.24) is 0 Å². The number of likely N-dealkylation sites (N-methyl/N-ethyl adjacent to an activating group) is 1. The van der Waals surface area contributed by atoms with Gasteiger partial charge in [0.1, 0.15) is 17.6 Å². The van der Waals surface area contributed by atoms with Crippen LogP contribution in [0.1, 0.15) is 18.5 Å². The first kappa shape index (κ1) is 19.7. The lowest BCUT2D eigenvalue weighted by Gasteiger charge is -2.21. The lowest BCUT2D eigenvalue weighted by atomic mass is 10.1. The molecule has 2 atom stereocenters. The van der Waals surface area contributed by atoms with Crippen molar-refractivity contribution >= 4 is 11.6 Å². The molecule has 0 aliphatic heterocycles. The Labute approximate surface area is 148 Å². The maximum atomic E-state index is 13.0. The van der Waals surface area contributed by atoms with Gasteiger partial charge in [0.15, 0.2) is 6.54 Å². The van der Waals surface area contributed by atoms with E-state index in [4.69, 9.17) is 0 Å². The molecule has 8 heteroatoms. The average Bonchev–Trinajstić information content (AvgIpc) is 2.55. The molecule has 0 aliphatic carbocycles. The molecule has 1 amide bonds. The van der Waals surface area contributed by atoms with Crippen LogP contribution in [0.2, 0.25) is 0 Å². The van der Waals surface area contributed by atoms with Gasteiger partial charge in [-0.15, -0.1) is 13.2 Å². The molecule has 0 fully saturated rings. The zero-order valence-electron chi connectivity index (χ0n) is 14.2. The molecule has 0 radical (unpaired) electrons. The number of carbonyl (C=O) groups is 1. The highest BCUT2D eigenvalue weighted by Crippen LogP contribution is 2.23. The molecule has 0 bridgehead atoms. The number of rotatable bonds is 6. The van der Waals surface area contributed by atoms with Crippen LogP contribution in [0.25, 0.3) is 0 Å². The third kappa shape index (κ3) is 6.03. The molecule has 0 aromatic heterocycles. The van der Waals surface area contributed by atoms with Crippen molar-refractivity contribution in [3.63, 3.8) is 0 Å². The van der Waals surface area contributed by atoms with Gasteiger partial charge in [-0.25, -0.2) is 4.39 Å². The zero-order chi connectivity index (χ0) is 19.3. The SMILES string of the molecule is C[C@@H](c1ccc(F)cc1)[NH+](C)CC(=O)Nc1ccc(OC(F)(F)F)cc1. The van der Waals surface area contributed by atoms with Gasteiger partial charge in [0.05, 0.1) is 7.05 Å². The van der Waals surface area contributed by atoms with E-state index in [1.165, 1.54) is 24.3 Å². The molecule has 0 saturated carbocycles. The summed E-state index contributed by atoms with van der Waals surface area (Å²) in [6, 6.07) is 10.9. The minimum atomic E-state index is -4.76. The van der Waals surface area contributed by atoms with E-state index >= 15 is 0 Å². The monoisotopic (exact) mass is 371 g/mol. The van der Waals surface area contributed by atoms with Gasteiger partial charge in [-0.1, -0.05) is 12.1 Å². The summed E-state index contributed by atoms with van der Waals surface area (Å²) >= 11 is 0. The van der Waals surface area contributed by atoms with E-state index in [1.54, 1.807) is 12.1 Å². The number of amides is 1. The highest BCUT2D eigenvalue weighted by molar-refractivity contribution is 5.91. The number of anilines is 1. The third-order valence-electron chi connectivity index (χ3n) is 3.92. The van der Waals surface area contributed by atoms with Gasteiger partial charge in [0.2, 0.25) is 0 Å². The van der Waals surface area contributed by atoms with Crippen LogP contribution in [0.15, 0.2) is 48.5 Å². The predicted octanol–water partition coefficient (Wildman–Crippen LogP) is 2.94. The number of benzene rings is 2. The summed E-state index contributed by atoms with van der Waals surface area (Å²) in [5.41, 5.74) is 1.26. The van der Waals surface area contributed by atoms with Gasteiger partial charge >= 0.3 is 6.36 Å². The maximum absolute atomic E-state index is 13.0. The Morgan fingerprint density at radius 1 is 1.12 bits per heavy atom. The Kier molecular flexibility index (Phi) is 6.20. The molecule has 0 aliphatic rings. The van der Waals surface area contributed by atoms with Crippen molar-refractivity contribution in [3.8, 4) is 5.75 Å². The lowest BCUT2D eigenvalue weighted by molar-refractivity contribution is -0.902. The molecule has 2 N–H and O–H groups in total. The second-order valence-corrected chi connectivity index (χ2v) is 5.92. The number of halogens is 4. The lowest BCUT2D eigenvalue weighted by Crippen LogP contribution is -3.10. The Bertz CT molecular complexity index is 730. The molecule has 26 heavy (non-hydrogen) atoms. The highest BCUT2D eigenvalue weighted by atomic mass is 19.4. The maximum Gasteiger partial charge on any atom is 0.573 e. The summed E-state index contributed by atoms with van der Waals surface area (Å²) in [5, 5.41) is 2.62. The molecule has 0 spiro atoms. The number of hydrogen-bond donors (Lipinski definition) is 2. The van der Waals surface area contributed by atoms with Crippen LogP contribution in [0, 0.1) is 5.82 Å². The van der Waals surface area contributed by atoms with E-state index in [9.17, 15) is 22.4 Å². The molecule has 2 rings (SSSR count). The van der Waals surface area contributed by atoms with E-state index in [-0.39, 0.29) is 30.1 Å². The fraction of sp³-hybridized carbons (Fsp3) is 0.278. The van der Waals surface area contributed by atoms with Crippen LogP contribution in [0.5, 0.6) is 5.75 Å². The van der Waals surface area contributed by atoms with Gasteiger partial charge in [0.25, 0.3) is 5.91 Å². The molecule has 0 saturated heterocycles. The predicted molar refractivity (Wildman–Crippen MR) is 88.3 cm³/mol. The Hall–Kier alpha value is -2.61. The van der Waals surface area contributed by atoms with Crippen molar-refractivity contribution < 1.29 is 32.0 Å². The summed E-state index contributed by atoms with van der Waals surface area (Å²) < 4.78 is 53.1. The van der Waals surface area contributed by atoms with Gasteiger partial charge < -0.3 is 15.0 Å². The van der Waals surface area contributed by atoms with E-state index in [0.29, 0.717) is 5.69 Å². The van der Waals surface area contributed by atoms with E-state index in [2.05, 4.69) is 10.1 Å². The van der Waals surface area contributed by atoms with Crippen LogP contribution >= 0.6 is 0 Å². The summed E-state index contributed by atoms with van der Waals surface area (Å²) in [6.07, 6.45) is -4.76. The average molecular weight is 371 g/mol. The topological polar surface area (TPSA) is 42.8 Å². The first-order valence-corrected chi connectivity index (χ1v) is 7.87. The Balaban J connectivity index is 1.90. The minimum absolute atomic E-state index is 0.0380. The Morgan fingerprint density at radius 2 is 1.69 bits per heavy atom. The van der Waals surface area contributed by atoms with Crippen LogP contribution in [-0.2, 0) is 4.79 Å². The fourth-order valence-electron chi connectivity index (χ4n) is 2.39. The van der Waals surface area contributed by atoms with E-state index in [0.717, 1.165) is 22.6 Å². The normalized spacial score (nSPS) is 13.8. The van der Waals surface area contributed by atoms with Crippen molar-refractivity contribution in [2.24, 2.45) is 0 Å². The number of hydrogen-bond acceptors (Lipinski definition) is 2. The largest absolute Gasteiger partial charge is 0.573 e. The smallest absolute Gasteiger partial charge is 0.406 e. The fourth-order valence-corrected chi connectivity index (χ4v) is 2.39. The molecular weight excluding hydrogens is 352 g/mol. The van der Waals surface area contributed by atoms with Crippen molar-refractivity contribution in [3.05, 3.63) is 59.9 Å². The second-order valence-electron chi connectivity index (χ2n) is 5.92. The highest BCUT2D eigenvalue weighted by Gasteiger charge is 2.31. The number of alkyl halides is 3. The number of carbonyl (C=O) groups excluding carboxylic acids is 1. The summed E-state index contributed by atoms with van der Waals surface area (Å²) in [7, 11) is 1.83. The van der Waals surface area contributed by atoms with Crippen LogP contribution < -0.4 is 15.0 Å². The zero-order valence-corrected chi connectivity index (χ0v) is 14.2. The molecule has 2 aromatic carbocycles. The number of quaternary nitrogens is 1. The Morgan fingerprint density at radius 3 is 2.23 bits per heavy atom. The van der Waals surface area contributed by atoms with Crippen molar-refractivity contribution in [2.45, 2.75) is 19.3 Å².